The summed E-state index contributed by atoms with van der Waals surface area (Å²) < 4.78 is 51.2. The summed E-state index contributed by atoms with van der Waals surface area (Å²) >= 11 is 0. The highest BCUT2D eigenvalue weighted by molar-refractivity contribution is 7.89. The summed E-state index contributed by atoms with van der Waals surface area (Å²) in [7, 11) is -0.609. The van der Waals surface area contributed by atoms with Crippen LogP contribution in [0.2, 0.25) is 0 Å². The highest BCUT2D eigenvalue weighted by atomic mass is 32.2. The van der Waals surface area contributed by atoms with Gasteiger partial charge in [-0.3, -0.25) is 0 Å². The van der Waals surface area contributed by atoms with E-state index in [-0.39, 0.29) is 29.4 Å². The topological polar surface area (TPSA) is 120 Å². The molecule has 1 unspecified atom stereocenters. The molecule has 2 aliphatic rings. The Hall–Kier alpha value is -3.05. The third-order valence-electron chi connectivity index (χ3n) is 5.64. The lowest BCUT2D eigenvalue weighted by atomic mass is 9.71. The van der Waals surface area contributed by atoms with Crippen LogP contribution in [0.4, 0.5) is 4.39 Å². The van der Waals surface area contributed by atoms with Crippen molar-refractivity contribution in [2.75, 3.05) is 26.5 Å². The second-order valence-corrected chi connectivity index (χ2v) is 9.91. The van der Waals surface area contributed by atoms with Gasteiger partial charge in [0.15, 0.2) is 5.83 Å². The SMILES string of the molecule is COC(C)COc1cnc(/C(F)=C/c2ccc3c(c2)[C@]2(C3)CS(=O)(=O)N(C)C(N)=N2)cn1. The molecule has 1 aromatic heterocycles. The molecule has 2 heterocycles. The summed E-state index contributed by atoms with van der Waals surface area (Å²) in [6.45, 7) is 2.15. The smallest absolute Gasteiger partial charge is 0.239 e. The normalized spacial score (nSPS) is 22.7. The van der Waals surface area contributed by atoms with Gasteiger partial charge < -0.3 is 15.2 Å². The van der Waals surface area contributed by atoms with Gasteiger partial charge in [-0.25, -0.2) is 32.1 Å². The Bertz CT molecular complexity index is 1200. The lowest BCUT2D eigenvalue weighted by Gasteiger charge is -2.44. The Morgan fingerprint density at radius 2 is 2.16 bits per heavy atom. The number of methoxy groups -OCH3 is 1. The zero-order chi connectivity index (χ0) is 23.1. The summed E-state index contributed by atoms with van der Waals surface area (Å²) in [5, 5.41) is 0. The second kappa shape index (κ2) is 8.14. The minimum Gasteiger partial charge on any atom is -0.474 e. The third kappa shape index (κ3) is 4.05. The van der Waals surface area contributed by atoms with Crippen LogP contribution in [-0.4, -0.2) is 61.3 Å². The maximum atomic E-state index is 14.8. The van der Waals surface area contributed by atoms with E-state index in [1.165, 1.54) is 25.5 Å². The van der Waals surface area contributed by atoms with E-state index in [2.05, 4.69) is 15.0 Å². The van der Waals surface area contributed by atoms with Gasteiger partial charge >= 0.3 is 0 Å². The number of ether oxygens (including phenoxy) is 2. The summed E-state index contributed by atoms with van der Waals surface area (Å²) in [6, 6.07) is 5.35. The first-order valence-electron chi connectivity index (χ1n) is 9.94. The van der Waals surface area contributed by atoms with Crippen LogP contribution in [0.15, 0.2) is 35.6 Å². The molecule has 0 bridgehead atoms. The number of aliphatic imine (C=N–C) groups is 1. The molecule has 1 spiro atoms. The minimum absolute atomic E-state index is 0.0495. The van der Waals surface area contributed by atoms with Crippen LogP contribution in [0.5, 0.6) is 5.88 Å². The largest absolute Gasteiger partial charge is 0.474 e. The number of nitrogens with zero attached hydrogens (tertiary/aromatic N) is 4. The van der Waals surface area contributed by atoms with E-state index in [1.807, 2.05) is 13.0 Å². The fraction of sp³-hybridized carbons (Fsp3) is 0.381. The Morgan fingerprint density at radius 1 is 1.38 bits per heavy atom. The van der Waals surface area contributed by atoms with Gasteiger partial charge in [0.05, 0.1) is 24.3 Å². The Balaban J connectivity index is 1.55. The van der Waals surface area contributed by atoms with Crippen molar-refractivity contribution in [3.8, 4) is 5.88 Å². The quantitative estimate of drug-likeness (QED) is 0.695. The number of rotatable bonds is 6. The molecule has 0 amide bonds. The number of hydrogen-bond acceptors (Lipinski definition) is 8. The monoisotopic (exact) mass is 461 g/mol. The third-order valence-corrected chi connectivity index (χ3v) is 7.51. The van der Waals surface area contributed by atoms with Crippen molar-refractivity contribution in [1.82, 2.24) is 14.3 Å². The van der Waals surface area contributed by atoms with Crippen LogP contribution in [0.25, 0.3) is 11.9 Å². The molecular formula is C21H24FN5O4S. The van der Waals surface area contributed by atoms with Crippen LogP contribution in [0.3, 0.4) is 0 Å². The van der Waals surface area contributed by atoms with E-state index in [0.29, 0.717) is 18.6 Å². The number of hydrogen-bond donors (Lipinski definition) is 1. The van der Waals surface area contributed by atoms with Crippen LogP contribution in [-0.2, 0) is 26.7 Å². The molecule has 1 aromatic carbocycles. The lowest BCUT2D eigenvalue weighted by molar-refractivity contribution is 0.0698. The number of aromatic nitrogens is 2. The number of benzene rings is 1. The lowest BCUT2D eigenvalue weighted by Crippen LogP contribution is -2.55. The van der Waals surface area contributed by atoms with Crippen molar-refractivity contribution in [3.63, 3.8) is 0 Å². The maximum absolute atomic E-state index is 14.8. The van der Waals surface area contributed by atoms with Crippen LogP contribution < -0.4 is 10.5 Å². The van der Waals surface area contributed by atoms with E-state index >= 15 is 0 Å². The molecule has 11 heteroatoms. The summed E-state index contributed by atoms with van der Waals surface area (Å²) in [5.41, 5.74) is 7.23. The average Bonchev–Trinajstić information content (AvgIpc) is 2.76. The molecule has 0 saturated heterocycles. The molecular weight excluding hydrogens is 437 g/mol. The maximum Gasteiger partial charge on any atom is 0.239 e. The highest BCUT2D eigenvalue weighted by Gasteiger charge is 2.50. The van der Waals surface area contributed by atoms with Crippen LogP contribution in [0.1, 0.15) is 29.3 Å². The van der Waals surface area contributed by atoms with E-state index in [0.717, 1.165) is 15.4 Å². The van der Waals surface area contributed by atoms with Gasteiger partial charge in [0.1, 0.15) is 17.8 Å². The molecule has 0 fully saturated rings. The molecule has 2 aromatic rings. The van der Waals surface area contributed by atoms with Gasteiger partial charge in [0, 0.05) is 20.6 Å². The average molecular weight is 462 g/mol. The molecule has 1 aliphatic heterocycles. The summed E-state index contributed by atoms with van der Waals surface area (Å²) in [6.07, 6.45) is 4.32. The standard InChI is InChI=1S/C21H24FN5O4S/c1-13(30-3)11-31-19-10-24-18(9-25-19)17(22)7-14-4-5-15-8-21(16(15)6-14)12-32(28,29)27(2)20(23)26-21/h4-7,9-10,13H,8,11-12H2,1-3H3,(H2,23,26)/b17-7-/t13?,21-/m0/s1. The Kier molecular flexibility index (Phi) is 5.63. The second-order valence-electron chi connectivity index (χ2n) is 7.91. The predicted octanol–water partition coefficient (Wildman–Crippen LogP) is 1.70. The molecule has 0 saturated carbocycles. The molecule has 32 heavy (non-hydrogen) atoms. The molecule has 170 valence electrons. The summed E-state index contributed by atoms with van der Waals surface area (Å²) in [5.74, 6) is -0.533. The number of sulfonamides is 1. The first-order chi connectivity index (χ1) is 15.1. The van der Waals surface area contributed by atoms with Gasteiger partial charge in [-0.2, -0.15) is 0 Å². The van der Waals surface area contributed by atoms with Crippen molar-refractivity contribution in [1.29, 1.82) is 0 Å². The predicted molar refractivity (Wildman–Crippen MR) is 118 cm³/mol. The zero-order valence-corrected chi connectivity index (χ0v) is 18.8. The van der Waals surface area contributed by atoms with Crippen molar-refractivity contribution in [2.24, 2.45) is 10.7 Å². The molecule has 1 aliphatic carbocycles. The molecule has 4 rings (SSSR count). The minimum atomic E-state index is -3.57. The Labute approximate surface area is 185 Å². The number of nitrogens with two attached hydrogens (primary N) is 1. The first kappa shape index (κ1) is 22.2. The zero-order valence-electron chi connectivity index (χ0n) is 17.9. The fourth-order valence-electron chi connectivity index (χ4n) is 3.67. The van der Waals surface area contributed by atoms with Crippen molar-refractivity contribution < 1.29 is 22.3 Å². The van der Waals surface area contributed by atoms with Gasteiger partial charge in [0.25, 0.3) is 0 Å². The number of guanidine groups is 1. The summed E-state index contributed by atoms with van der Waals surface area (Å²) in [4.78, 5) is 12.6. The van der Waals surface area contributed by atoms with Crippen molar-refractivity contribution in [3.05, 3.63) is 53.0 Å². The van der Waals surface area contributed by atoms with Gasteiger partial charge in [0.2, 0.25) is 21.9 Å². The first-order valence-corrected chi connectivity index (χ1v) is 11.5. The van der Waals surface area contributed by atoms with Gasteiger partial charge in [-0.15, -0.1) is 0 Å². The van der Waals surface area contributed by atoms with E-state index in [1.54, 1.807) is 19.2 Å². The van der Waals surface area contributed by atoms with Gasteiger partial charge in [-0.05, 0) is 35.8 Å². The van der Waals surface area contributed by atoms with Crippen LogP contribution in [0, 0.1) is 0 Å². The number of fused-ring (bicyclic) bond motifs is 2. The molecule has 0 radical (unpaired) electrons. The van der Waals surface area contributed by atoms with Crippen LogP contribution >= 0.6 is 0 Å². The number of halogens is 1. The highest BCUT2D eigenvalue weighted by Crippen LogP contribution is 2.46. The van der Waals surface area contributed by atoms with Crippen molar-refractivity contribution in [2.45, 2.75) is 25.0 Å². The molecule has 9 nitrogen and oxygen atoms in total. The molecule has 2 atom stereocenters. The van der Waals surface area contributed by atoms with Gasteiger partial charge in [-0.1, -0.05) is 12.1 Å². The van der Waals surface area contributed by atoms with E-state index < -0.39 is 21.4 Å². The van der Waals surface area contributed by atoms with E-state index in [9.17, 15) is 12.8 Å². The molecule has 2 N–H and O–H groups in total. The van der Waals surface area contributed by atoms with E-state index in [4.69, 9.17) is 15.2 Å². The fourth-order valence-corrected chi connectivity index (χ4v) is 5.12. The van der Waals surface area contributed by atoms with Crippen molar-refractivity contribution >= 4 is 27.9 Å². The Morgan fingerprint density at radius 3 is 2.81 bits per heavy atom.